The summed E-state index contributed by atoms with van der Waals surface area (Å²) in [5.41, 5.74) is -0.124. The number of amides is 1. The van der Waals surface area contributed by atoms with Gasteiger partial charge in [0.25, 0.3) is 0 Å². The second-order valence-electron chi connectivity index (χ2n) is 6.54. The van der Waals surface area contributed by atoms with Crippen molar-refractivity contribution in [1.29, 1.82) is 0 Å². The zero-order valence-electron chi connectivity index (χ0n) is 10.3. The van der Waals surface area contributed by atoms with Gasteiger partial charge in [-0.3, -0.25) is 4.79 Å². The summed E-state index contributed by atoms with van der Waals surface area (Å²) in [6.45, 7) is 12.6. The molecule has 0 saturated heterocycles. The van der Waals surface area contributed by atoms with Crippen molar-refractivity contribution < 1.29 is 4.79 Å². The third-order valence-electron chi connectivity index (χ3n) is 3.11. The molecule has 0 aliphatic heterocycles. The highest BCUT2D eigenvalue weighted by molar-refractivity contribution is 5.86. The van der Waals surface area contributed by atoms with Crippen LogP contribution in [0.2, 0.25) is 0 Å². The van der Waals surface area contributed by atoms with Crippen molar-refractivity contribution in [1.82, 2.24) is 5.32 Å². The van der Waals surface area contributed by atoms with Crippen LogP contribution in [0.15, 0.2) is 0 Å². The number of hydrogen-bond donors (Lipinski definition) is 1. The highest BCUT2D eigenvalue weighted by Crippen LogP contribution is 2.58. The normalized spacial score (nSPS) is 20.4. The highest BCUT2D eigenvalue weighted by atomic mass is 16.2. The van der Waals surface area contributed by atoms with Crippen LogP contribution >= 0.6 is 0 Å². The second kappa shape index (κ2) is 2.98. The predicted molar refractivity (Wildman–Crippen MR) is 59.0 cm³/mol. The van der Waals surface area contributed by atoms with Gasteiger partial charge < -0.3 is 5.32 Å². The smallest absolute Gasteiger partial charge is 0.227 e. The van der Waals surface area contributed by atoms with E-state index in [-0.39, 0.29) is 22.3 Å². The molecule has 14 heavy (non-hydrogen) atoms. The zero-order valence-corrected chi connectivity index (χ0v) is 10.3. The Balaban J connectivity index is 2.72. The molecule has 0 aromatic carbocycles. The van der Waals surface area contributed by atoms with Gasteiger partial charge in [-0.1, -0.05) is 20.8 Å². The third kappa shape index (κ3) is 2.10. The Bertz CT molecular complexity index is 238. The van der Waals surface area contributed by atoms with Crippen molar-refractivity contribution in [3.05, 3.63) is 0 Å². The van der Waals surface area contributed by atoms with Crippen LogP contribution in [0.1, 0.15) is 54.4 Å². The minimum atomic E-state index is -0.113. The molecular weight excluding hydrogens is 174 g/mol. The lowest BCUT2D eigenvalue weighted by atomic mass is 9.76. The maximum Gasteiger partial charge on any atom is 0.227 e. The average molecular weight is 197 g/mol. The molecule has 1 fully saturated rings. The third-order valence-corrected chi connectivity index (χ3v) is 3.11. The molecule has 0 heterocycles. The first kappa shape index (κ1) is 11.5. The minimum absolute atomic E-state index is 0.0856. The van der Waals surface area contributed by atoms with E-state index in [1.54, 1.807) is 0 Å². The lowest BCUT2D eigenvalue weighted by molar-refractivity contribution is -0.131. The maximum atomic E-state index is 12.1. The molecular formula is C12H23NO. The Kier molecular flexibility index (Phi) is 2.46. The van der Waals surface area contributed by atoms with Gasteiger partial charge in [-0.15, -0.1) is 0 Å². The Hall–Kier alpha value is -0.530. The summed E-state index contributed by atoms with van der Waals surface area (Å²) in [5, 5.41) is 3.09. The molecule has 0 aromatic heterocycles. The number of rotatable bonds is 1. The molecule has 1 aliphatic rings. The van der Waals surface area contributed by atoms with E-state index in [1.807, 2.05) is 20.8 Å². The van der Waals surface area contributed by atoms with Crippen molar-refractivity contribution >= 4 is 5.91 Å². The van der Waals surface area contributed by atoms with Gasteiger partial charge in [0.15, 0.2) is 0 Å². The molecule has 1 N–H and O–H groups in total. The number of nitrogens with one attached hydrogen (secondary N) is 1. The van der Waals surface area contributed by atoms with Gasteiger partial charge in [-0.05, 0) is 39.0 Å². The van der Waals surface area contributed by atoms with E-state index < -0.39 is 0 Å². The summed E-state index contributed by atoms with van der Waals surface area (Å²) in [4.78, 5) is 12.1. The van der Waals surface area contributed by atoms with Crippen molar-refractivity contribution in [2.45, 2.75) is 59.9 Å². The van der Waals surface area contributed by atoms with E-state index in [2.05, 4.69) is 26.1 Å². The van der Waals surface area contributed by atoms with Crippen LogP contribution in [-0.2, 0) is 4.79 Å². The summed E-state index contributed by atoms with van der Waals surface area (Å²) in [6, 6.07) is 0. The molecule has 2 heteroatoms. The van der Waals surface area contributed by atoms with Crippen molar-refractivity contribution in [3.63, 3.8) is 0 Å². The number of carbonyl (C=O) groups is 1. The Morgan fingerprint density at radius 3 is 1.71 bits per heavy atom. The van der Waals surface area contributed by atoms with Crippen LogP contribution in [0.25, 0.3) is 0 Å². The van der Waals surface area contributed by atoms with Gasteiger partial charge in [0.2, 0.25) is 5.91 Å². The van der Waals surface area contributed by atoms with E-state index in [0.29, 0.717) is 0 Å². The van der Waals surface area contributed by atoms with Gasteiger partial charge in [-0.2, -0.15) is 0 Å². The summed E-state index contributed by atoms with van der Waals surface area (Å²) < 4.78 is 0. The zero-order chi connectivity index (χ0) is 11.2. The Labute approximate surface area is 87.5 Å². The van der Waals surface area contributed by atoms with Crippen LogP contribution in [0.3, 0.4) is 0 Å². The van der Waals surface area contributed by atoms with Crippen LogP contribution in [0, 0.1) is 10.8 Å². The SMILES string of the molecule is CC(C)(C)NC(=O)C1(C(C)(C)C)CC1. The van der Waals surface area contributed by atoms with Crippen molar-refractivity contribution in [2.75, 3.05) is 0 Å². The largest absolute Gasteiger partial charge is 0.351 e. The number of carbonyl (C=O) groups excluding carboxylic acids is 1. The quantitative estimate of drug-likeness (QED) is 0.688. The lowest BCUT2D eigenvalue weighted by Crippen LogP contribution is -2.48. The van der Waals surface area contributed by atoms with Crippen LogP contribution in [0.4, 0.5) is 0 Å². The van der Waals surface area contributed by atoms with Crippen molar-refractivity contribution in [3.8, 4) is 0 Å². The summed E-state index contributed by atoms with van der Waals surface area (Å²) in [5.74, 6) is 0.234. The molecule has 1 rings (SSSR count). The molecule has 0 unspecified atom stereocenters. The molecule has 0 atom stereocenters. The topological polar surface area (TPSA) is 29.1 Å². The summed E-state index contributed by atoms with van der Waals surface area (Å²) >= 11 is 0. The molecule has 0 radical (unpaired) electrons. The van der Waals surface area contributed by atoms with E-state index in [9.17, 15) is 4.79 Å². The molecule has 82 valence electrons. The second-order valence-corrected chi connectivity index (χ2v) is 6.54. The fraction of sp³-hybridized carbons (Fsp3) is 0.917. The van der Waals surface area contributed by atoms with E-state index in [1.165, 1.54) is 0 Å². The predicted octanol–water partition coefficient (Wildman–Crippen LogP) is 2.73. The molecule has 0 bridgehead atoms. The fourth-order valence-corrected chi connectivity index (χ4v) is 1.90. The van der Waals surface area contributed by atoms with Gasteiger partial charge in [0, 0.05) is 5.54 Å². The molecule has 0 spiro atoms. The van der Waals surface area contributed by atoms with E-state index in [0.717, 1.165) is 12.8 Å². The van der Waals surface area contributed by atoms with Crippen LogP contribution in [-0.4, -0.2) is 11.4 Å². The summed E-state index contributed by atoms with van der Waals surface area (Å²) in [6.07, 6.45) is 2.08. The summed E-state index contributed by atoms with van der Waals surface area (Å²) in [7, 11) is 0. The molecule has 1 amide bonds. The average Bonchev–Trinajstić information content (AvgIpc) is 2.56. The first-order valence-electron chi connectivity index (χ1n) is 5.41. The van der Waals surface area contributed by atoms with Crippen LogP contribution < -0.4 is 5.32 Å². The number of hydrogen-bond acceptors (Lipinski definition) is 1. The Morgan fingerprint density at radius 2 is 1.50 bits per heavy atom. The first-order chi connectivity index (χ1) is 6.08. The monoisotopic (exact) mass is 197 g/mol. The Morgan fingerprint density at radius 1 is 1.07 bits per heavy atom. The highest BCUT2D eigenvalue weighted by Gasteiger charge is 2.58. The van der Waals surface area contributed by atoms with Gasteiger partial charge in [0.1, 0.15) is 0 Å². The van der Waals surface area contributed by atoms with Crippen LogP contribution in [0.5, 0.6) is 0 Å². The van der Waals surface area contributed by atoms with E-state index in [4.69, 9.17) is 0 Å². The van der Waals surface area contributed by atoms with Gasteiger partial charge >= 0.3 is 0 Å². The lowest BCUT2D eigenvalue weighted by Gasteiger charge is -2.33. The standard InChI is InChI=1S/C12H23NO/c1-10(2,3)12(7-8-12)9(14)13-11(4,5)6/h7-8H2,1-6H3,(H,13,14). The van der Waals surface area contributed by atoms with E-state index >= 15 is 0 Å². The first-order valence-corrected chi connectivity index (χ1v) is 5.41. The molecule has 1 saturated carbocycles. The maximum absolute atomic E-state index is 12.1. The fourth-order valence-electron chi connectivity index (χ4n) is 1.90. The molecule has 2 nitrogen and oxygen atoms in total. The molecule has 1 aliphatic carbocycles. The van der Waals surface area contributed by atoms with Gasteiger partial charge in [0.05, 0.1) is 5.41 Å². The van der Waals surface area contributed by atoms with Crippen molar-refractivity contribution in [2.24, 2.45) is 10.8 Å². The van der Waals surface area contributed by atoms with Gasteiger partial charge in [-0.25, -0.2) is 0 Å². The molecule has 0 aromatic rings. The minimum Gasteiger partial charge on any atom is -0.351 e.